The number of fused-ring (bicyclic) bond motifs is 8. The smallest absolute Gasteiger partial charge is 0.252 e. The third kappa shape index (κ3) is 6.00. The van der Waals surface area contributed by atoms with Crippen molar-refractivity contribution in [2.75, 3.05) is 6.54 Å². The van der Waals surface area contributed by atoms with Crippen LogP contribution in [-0.2, 0) is 0 Å². The van der Waals surface area contributed by atoms with Gasteiger partial charge in [0.1, 0.15) is 0 Å². The first-order valence-corrected chi connectivity index (χ1v) is 17.8. The summed E-state index contributed by atoms with van der Waals surface area (Å²) in [5.41, 5.74) is 15.5. The van der Waals surface area contributed by atoms with Crippen LogP contribution < -0.4 is 5.32 Å². The normalized spacial score (nSPS) is 11.7. The number of nitrogens with one attached hydrogen (secondary N) is 3. The topological polar surface area (TPSA) is 86.5 Å². The lowest BCUT2D eigenvalue weighted by atomic mass is 10.0. The molecule has 3 N–H and O–H groups in total. The largest absolute Gasteiger partial charge is 0.354 e. The van der Waals surface area contributed by atoms with Gasteiger partial charge < -0.3 is 15.3 Å². The number of hydrogen-bond donors (Lipinski definition) is 3. The van der Waals surface area contributed by atoms with Crippen molar-refractivity contribution in [3.8, 4) is 56.9 Å². The molecule has 0 saturated heterocycles. The molecule has 54 heavy (non-hydrogen) atoms. The van der Waals surface area contributed by atoms with E-state index in [2.05, 4.69) is 118 Å². The molecule has 0 spiro atoms. The van der Waals surface area contributed by atoms with E-state index in [1.54, 1.807) is 0 Å². The van der Waals surface area contributed by atoms with E-state index in [0.717, 1.165) is 89.4 Å². The fraction of sp³-hybridized carbons (Fsp3) is 0.0208. The zero-order valence-electron chi connectivity index (χ0n) is 29.2. The summed E-state index contributed by atoms with van der Waals surface area (Å²) in [6.07, 6.45) is 13.7. The summed E-state index contributed by atoms with van der Waals surface area (Å²) >= 11 is 0. The van der Waals surface area contributed by atoms with Gasteiger partial charge in [0.2, 0.25) is 0 Å². The highest BCUT2D eigenvalue weighted by Crippen LogP contribution is 2.38. The number of rotatable bonds is 6. The van der Waals surface area contributed by atoms with Crippen molar-refractivity contribution in [2.45, 2.75) is 0 Å². The Morgan fingerprint density at radius 2 is 0.815 bits per heavy atom. The molecule has 0 atom stereocenters. The summed E-state index contributed by atoms with van der Waals surface area (Å²) in [6.45, 7) is 0.164. The molecule has 3 aromatic heterocycles. The van der Waals surface area contributed by atoms with Crippen LogP contribution in [0.25, 0.3) is 90.9 Å². The maximum atomic E-state index is 12.8. The lowest BCUT2D eigenvalue weighted by molar-refractivity contribution is 0.0958. The average molecular weight is 696 g/mol. The van der Waals surface area contributed by atoms with Gasteiger partial charge in [0, 0.05) is 49.9 Å². The van der Waals surface area contributed by atoms with Crippen LogP contribution in [0.15, 0.2) is 140 Å². The van der Waals surface area contributed by atoms with Gasteiger partial charge in [-0.25, -0.2) is 9.97 Å². The molecule has 9 rings (SSSR count). The van der Waals surface area contributed by atoms with Crippen LogP contribution in [0.2, 0.25) is 0 Å². The molecular formula is C48H33N5O. The predicted octanol–water partition coefficient (Wildman–Crippen LogP) is 10.7. The van der Waals surface area contributed by atoms with Crippen LogP contribution in [0.4, 0.5) is 0 Å². The van der Waals surface area contributed by atoms with Crippen LogP contribution >= 0.6 is 0 Å². The third-order valence-corrected chi connectivity index (χ3v) is 9.73. The molecule has 256 valence electrons. The van der Waals surface area contributed by atoms with Gasteiger partial charge in [-0.05, 0) is 83.0 Å². The lowest BCUT2D eigenvalue weighted by Gasteiger charge is -2.07. The van der Waals surface area contributed by atoms with E-state index >= 15 is 0 Å². The highest BCUT2D eigenvalue weighted by Gasteiger charge is 2.19. The Labute approximate surface area is 312 Å². The fourth-order valence-electron chi connectivity index (χ4n) is 7.26. The molecule has 0 aliphatic carbocycles. The van der Waals surface area contributed by atoms with Crippen molar-refractivity contribution in [3.63, 3.8) is 0 Å². The minimum atomic E-state index is -0.220. The van der Waals surface area contributed by atoms with Gasteiger partial charge in [-0.3, -0.25) is 4.79 Å². The van der Waals surface area contributed by atoms with Crippen molar-refractivity contribution in [1.82, 2.24) is 25.3 Å². The quantitative estimate of drug-likeness (QED) is 0.151. The number of nitrogens with zero attached hydrogens (tertiary/aromatic N) is 2. The van der Waals surface area contributed by atoms with E-state index in [0.29, 0.717) is 5.56 Å². The third-order valence-electron chi connectivity index (χ3n) is 9.73. The summed E-state index contributed by atoms with van der Waals surface area (Å²) < 4.78 is 0. The highest BCUT2D eigenvalue weighted by atomic mass is 16.1. The van der Waals surface area contributed by atoms with Gasteiger partial charge >= 0.3 is 0 Å². The molecule has 6 nitrogen and oxygen atoms in total. The van der Waals surface area contributed by atoms with Crippen LogP contribution in [-0.4, -0.2) is 32.4 Å². The minimum Gasteiger partial charge on any atom is -0.354 e. The van der Waals surface area contributed by atoms with Crippen LogP contribution in [0.5, 0.6) is 0 Å². The molecule has 0 fully saturated rings. The van der Waals surface area contributed by atoms with Crippen molar-refractivity contribution in [2.24, 2.45) is 0 Å². The first-order chi connectivity index (χ1) is 26.6. The molecule has 6 heteroatoms. The van der Waals surface area contributed by atoms with Gasteiger partial charge in [0.05, 0.1) is 29.3 Å². The van der Waals surface area contributed by atoms with E-state index in [9.17, 15) is 4.79 Å². The molecule has 0 saturated carbocycles. The number of carbonyl (C=O) groups excluding carboxylic acids is 1. The number of aromatic nitrogens is 4. The van der Waals surface area contributed by atoms with Crippen molar-refractivity contribution < 1.29 is 4.79 Å². The number of terminal acetylenes is 1. The van der Waals surface area contributed by atoms with E-state index in [1.807, 2.05) is 66.7 Å². The van der Waals surface area contributed by atoms with Gasteiger partial charge in [0.25, 0.3) is 5.91 Å². The summed E-state index contributed by atoms with van der Waals surface area (Å²) in [5.74, 6) is 2.24. The summed E-state index contributed by atoms with van der Waals surface area (Å²) in [7, 11) is 0. The Hall–Kier alpha value is -7.49. The molecule has 2 aliphatic rings. The van der Waals surface area contributed by atoms with Gasteiger partial charge in [-0.15, -0.1) is 6.42 Å². The van der Waals surface area contributed by atoms with Crippen LogP contribution in [0.3, 0.4) is 0 Å². The molecular weight excluding hydrogens is 663 g/mol. The maximum absolute atomic E-state index is 12.8. The van der Waals surface area contributed by atoms with E-state index in [-0.39, 0.29) is 12.5 Å². The van der Waals surface area contributed by atoms with Gasteiger partial charge in [-0.1, -0.05) is 109 Å². The number of carbonyl (C=O) groups is 1. The van der Waals surface area contributed by atoms with E-state index in [4.69, 9.17) is 16.4 Å². The Kier molecular flexibility index (Phi) is 8.35. The van der Waals surface area contributed by atoms with Gasteiger partial charge in [0.15, 0.2) is 0 Å². The molecule has 5 heterocycles. The Bertz CT molecular complexity index is 2780. The number of aromatic amines is 2. The number of H-pyrrole nitrogens is 2. The number of benzene rings is 4. The SMILES string of the molecule is C#CCNC(=O)c1ccc(-c2c3nc(c(-c4ccccc4)c4ccc([nH]4)c(-c4ccccc4)c4nc(c(-c5ccccc5)c5ccc2[nH]5)C=C4)C=C3)cc1. The van der Waals surface area contributed by atoms with Crippen LogP contribution in [0, 0.1) is 12.3 Å². The molecule has 2 aliphatic heterocycles. The summed E-state index contributed by atoms with van der Waals surface area (Å²) in [6, 6.07) is 47.1. The molecule has 0 radical (unpaired) electrons. The predicted molar refractivity (Wildman–Crippen MR) is 222 cm³/mol. The Balaban J connectivity index is 1.41. The fourth-order valence-corrected chi connectivity index (χ4v) is 7.26. The Morgan fingerprint density at radius 1 is 0.481 bits per heavy atom. The zero-order valence-corrected chi connectivity index (χ0v) is 29.2. The van der Waals surface area contributed by atoms with Crippen LogP contribution in [0.1, 0.15) is 33.1 Å². The minimum absolute atomic E-state index is 0.164. The van der Waals surface area contributed by atoms with Crippen molar-refractivity contribution in [3.05, 3.63) is 168 Å². The van der Waals surface area contributed by atoms with E-state index < -0.39 is 0 Å². The second kappa shape index (κ2) is 13.9. The Morgan fingerprint density at radius 3 is 1.15 bits per heavy atom. The first kappa shape index (κ1) is 32.4. The summed E-state index contributed by atoms with van der Waals surface area (Å²) in [5, 5.41) is 2.75. The standard InChI is InChI=1S/C48H33N5O/c1-2-30-49-48(54)35-20-18-34(19-21-35)47-42-28-26-40(52-42)45(32-14-8-4-9-15-32)38-24-22-36(50-38)44(31-12-6-3-7-13-31)37-23-25-39(51-37)46(33-16-10-5-11-17-33)41-27-29-43(47)53-41/h1,3-29,50,53H,30H2,(H,49,54). The van der Waals surface area contributed by atoms with E-state index in [1.165, 1.54) is 0 Å². The molecule has 8 bridgehead atoms. The average Bonchev–Trinajstić information content (AvgIpc) is 4.07. The molecule has 4 aromatic carbocycles. The molecule has 7 aromatic rings. The molecule has 0 unspecified atom stereocenters. The first-order valence-electron chi connectivity index (χ1n) is 17.8. The maximum Gasteiger partial charge on any atom is 0.252 e. The van der Waals surface area contributed by atoms with Crippen molar-refractivity contribution >= 4 is 52.3 Å². The van der Waals surface area contributed by atoms with Gasteiger partial charge in [-0.2, -0.15) is 0 Å². The highest BCUT2D eigenvalue weighted by molar-refractivity contribution is 6.00. The van der Waals surface area contributed by atoms with Crippen molar-refractivity contribution in [1.29, 1.82) is 0 Å². The molecule has 1 amide bonds. The summed E-state index contributed by atoms with van der Waals surface area (Å²) in [4.78, 5) is 31.0. The monoisotopic (exact) mass is 695 g/mol. The number of amides is 1. The lowest BCUT2D eigenvalue weighted by Crippen LogP contribution is -2.23. The second-order valence-corrected chi connectivity index (χ2v) is 13.1. The number of hydrogen-bond acceptors (Lipinski definition) is 3. The second-order valence-electron chi connectivity index (χ2n) is 13.1. The zero-order chi connectivity index (χ0) is 36.4.